The van der Waals surface area contributed by atoms with Crippen molar-refractivity contribution in [2.24, 2.45) is 0 Å². The summed E-state index contributed by atoms with van der Waals surface area (Å²) in [5, 5.41) is 13.5. The smallest absolute Gasteiger partial charge is 0.271 e. The van der Waals surface area contributed by atoms with Gasteiger partial charge in [-0.3, -0.25) is 14.9 Å². The predicted molar refractivity (Wildman–Crippen MR) is 84.7 cm³/mol. The average molecular weight is 349 g/mol. The fourth-order valence-corrected chi connectivity index (χ4v) is 2.17. The van der Waals surface area contributed by atoms with Crippen molar-refractivity contribution in [2.45, 2.75) is 13.8 Å². The molecule has 0 aromatic heterocycles. The van der Waals surface area contributed by atoms with Crippen LogP contribution in [-0.2, 0) is 0 Å². The Kier molecular flexibility index (Phi) is 4.37. The Morgan fingerprint density at radius 2 is 1.81 bits per heavy atom. The van der Waals surface area contributed by atoms with Crippen LogP contribution in [0.15, 0.2) is 40.9 Å². The molecule has 0 aliphatic carbocycles. The number of anilines is 1. The topological polar surface area (TPSA) is 72.2 Å². The molecule has 1 amide bonds. The maximum Gasteiger partial charge on any atom is 0.271 e. The monoisotopic (exact) mass is 348 g/mol. The molecule has 0 saturated heterocycles. The highest BCUT2D eigenvalue weighted by atomic mass is 79.9. The summed E-state index contributed by atoms with van der Waals surface area (Å²) in [4.78, 5) is 22.5. The number of aryl methyl sites for hydroxylation is 2. The number of rotatable bonds is 3. The largest absolute Gasteiger partial charge is 0.321 e. The first-order valence-corrected chi connectivity index (χ1v) is 7.00. The molecule has 2 rings (SSSR count). The molecule has 0 aliphatic rings. The van der Waals surface area contributed by atoms with E-state index in [9.17, 15) is 14.9 Å². The third kappa shape index (κ3) is 3.46. The van der Waals surface area contributed by atoms with Crippen molar-refractivity contribution in [2.75, 3.05) is 5.32 Å². The maximum absolute atomic E-state index is 12.2. The maximum atomic E-state index is 12.2. The number of carbonyl (C=O) groups is 1. The van der Waals surface area contributed by atoms with Gasteiger partial charge in [0.25, 0.3) is 11.6 Å². The number of nitro groups is 1. The van der Waals surface area contributed by atoms with Crippen molar-refractivity contribution < 1.29 is 9.72 Å². The van der Waals surface area contributed by atoms with Gasteiger partial charge in [0.1, 0.15) is 0 Å². The van der Waals surface area contributed by atoms with Crippen LogP contribution >= 0.6 is 15.9 Å². The number of hydrogen-bond acceptors (Lipinski definition) is 3. The second kappa shape index (κ2) is 6.05. The summed E-state index contributed by atoms with van der Waals surface area (Å²) in [6.07, 6.45) is 0. The normalized spacial score (nSPS) is 10.2. The molecule has 6 heteroatoms. The lowest BCUT2D eigenvalue weighted by Crippen LogP contribution is -2.13. The fraction of sp³-hybridized carbons (Fsp3) is 0.133. The van der Waals surface area contributed by atoms with Gasteiger partial charge in [-0.15, -0.1) is 0 Å². The zero-order chi connectivity index (χ0) is 15.6. The van der Waals surface area contributed by atoms with E-state index >= 15 is 0 Å². The van der Waals surface area contributed by atoms with Gasteiger partial charge in [-0.05, 0) is 37.1 Å². The summed E-state index contributed by atoms with van der Waals surface area (Å²) in [7, 11) is 0. The van der Waals surface area contributed by atoms with E-state index in [2.05, 4.69) is 21.2 Å². The van der Waals surface area contributed by atoms with Gasteiger partial charge >= 0.3 is 0 Å². The quantitative estimate of drug-likeness (QED) is 0.666. The zero-order valence-electron chi connectivity index (χ0n) is 11.5. The first-order chi connectivity index (χ1) is 9.88. The number of carbonyl (C=O) groups excluding carboxylic acids is 1. The second-order valence-corrected chi connectivity index (χ2v) is 5.53. The van der Waals surface area contributed by atoms with Crippen LogP contribution in [0.5, 0.6) is 0 Å². The van der Waals surface area contributed by atoms with Crippen molar-refractivity contribution in [3.05, 3.63) is 67.7 Å². The number of halogens is 1. The van der Waals surface area contributed by atoms with Crippen LogP contribution in [0.1, 0.15) is 21.5 Å². The highest BCUT2D eigenvalue weighted by Crippen LogP contribution is 2.23. The van der Waals surface area contributed by atoms with Gasteiger partial charge in [-0.2, -0.15) is 0 Å². The molecule has 2 aromatic rings. The van der Waals surface area contributed by atoms with Crippen LogP contribution < -0.4 is 5.32 Å². The molecule has 5 nitrogen and oxygen atoms in total. The molecule has 21 heavy (non-hydrogen) atoms. The average Bonchev–Trinajstić information content (AvgIpc) is 2.43. The van der Waals surface area contributed by atoms with Gasteiger partial charge in [0.15, 0.2) is 0 Å². The number of non-ortho nitro benzene ring substituents is 1. The number of hydrogen-bond donors (Lipinski definition) is 1. The third-order valence-corrected chi connectivity index (χ3v) is 3.97. The van der Waals surface area contributed by atoms with Crippen molar-refractivity contribution >= 4 is 33.2 Å². The van der Waals surface area contributed by atoms with E-state index in [-0.39, 0.29) is 11.6 Å². The minimum atomic E-state index is -0.489. The van der Waals surface area contributed by atoms with E-state index in [1.165, 1.54) is 12.1 Å². The predicted octanol–water partition coefficient (Wildman–Crippen LogP) is 4.23. The minimum absolute atomic E-state index is 0.0546. The Labute approximate surface area is 130 Å². The minimum Gasteiger partial charge on any atom is -0.321 e. The summed E-state index contributed by atoms with van der Waals surface area (Å²) in [5.74, 6) is -0.306. The Bertz CT molecular complexity index is 729. The summed E-state index contributed by atoms with van der Waals surface area (Å²) < 4.78 is 0.839. The summed E-state index contributed by atoms with van der Waals surface area (Å²) >= 11 is 3.38. The lowest BCUT2D eigenvalue weighted by Gasteiger charge is -2.09. The van der Waals surface area contributed by atoms with Gasteiger partial charge < -0.3 is 5.32 Å². The van der Waals surface area contributed by atoms with Crippen molar-refractivity contribution in [3.8, 4) is 0 Å². The van der Waals surface area contributed by atoms with Gasteiger partial charge in [0, 0.05) is 22.2 Å². The van der Waals surface area contributed by atoms with Gasteiger partial charge in [0.05, 0.1) is 10.6 Å². The lowest BCUT2D eigenvalue weighted by molar-refractivity contribution is -0.384. The molecule has 0 saturated carbocycles. The van der Waals surface area contributed by atoms with Gasteiger partial charge in [-0.25, -0.2) is 0 Å². The molecule has 0 unspecified atom stereocenters. The summed E-state index contributed by atoms with van der Waals surface area (Å²) in [6.45, 7) is 3.71. The van der Waals surface area contributed by atoms with Crippen molar-refractivity contribution in [1.29, 1.82) is 0 Å². The highest BCUT2D eigenvalue weighted by molar-refractivity contribution is 9.10. The standard InChI is InChI=1S/C15H13BrN2O3/c1-9-3-5-11(7-13(9)16)15(19)17-14-8-12(18(20)21)6-4-10(14)2/h3-8H,1-2H3,(H,17,19). The lowest BCUT2D eigenvalue weighted by atomic mass is 10.1. The van der Waals surface area contributed by atoms with Crippen LogP contribution in [0.3, 0.4) is 0 Å². The van der Waals surface area contributed by atoms with E-state index in [0.717, 1.165) is 15.6 Å². The molecule has 1 N–H and O–H groups in total. The number of nitrogens with one attached hydrogen (secondary N) is 1. The number of nitro benzene ring substituents is 1. The van der Waals surface area contributed by atoms with Crippen LogP contribution in [0.2, 0.25) is 0 Å². The number of amides is 1. The second-order valence-electron chi connectivity index (χ2n) is 4.67. The van der Waals surface area contributed by atoms with Crippen LogP contribution in [-0.4, -0.2) is 10.8 Å². The molecule has 0 bridgehead atoms. The van der Waals surface area contributed by atoms with Crippen molar-refractivity contribution in [3.63, 3.8) is 0 Å². The number of nitrogens with zero attached hydrogens (tertiary/aromatic N) is 1. The SMILES string of the molecule is Cc1ccc(C(=O)Nc2cc([N+](=O)[O-])ccc2C)cc1Br. The Morgan fingerprint density at radius 3 is 2.43 bits per heavy atom. The van der Waals surface area contributed by atoms with Crippen LogP contribution in [0.4, 0.5) is 11.4 Å². The first kappa shape index (κ1) is 15.2. The van der Waals surface area contributed by atoms with Gasteiger partial charge in [-0.1, -0.05) is 28.1 Å². The van der Waals surface area contributed by atoms with E-state index in [1.807, 2.05) is 13.0 Å². The van der Waals surface area contributed by atoms with E-state index in [1.54, 1.807) is 25.1 Å². The molecule has 0 fully saturated rings. The zero-order valence-corrected chi connectivity index (χ0v) is 13.1. The Hall–Kier alpha value is -2.21. The number of benzene rings is 2. The molecular formula is C15H13BrN2O3. The van der Waals surface area contributed by atoms with E-state index in [4.69, 9.17) is 0 Å². The Morgan fingerprint density at radius 1 is 1.14 bits per heavy atom. The van der Waals surface area contributed by atoms with E-state index in [0.29, 0.717) is 11.3 Å². The first-order valence-electron chi connectivity index (χ1n) is 6.21. The molecule has 2 aromatic carbocycles. The van der Waals surface area contributed by atoms with Crippen LogP contribution in [0, 0.1) is 24.0 Å². The molecule has 0 aliphatic heterocycles. The molecular weight excluding hydrogens is 336 g/mol. The summed E-state index contributed by atoms with van der Waals surface area (Å²) in [5.41, 5.74) is 2.66. The van der Waals surface area contributed by atoms with Crippen molar-refractivity contribution in [1.82, 2.24) is 0 Å². The highest BCUT2D eigenvalue weighted by Gasteiger charge is 2.12. The fourth-order valence-electron chi connectivity index (χ4n) is 1.79. The molecule has 0 spiro atoms. The molecule has 108 valence electrons. The molecule has 0 radical (unpaired) electrons. The summed E-state index contributed by atoms with van der Waals surface area (Å²) in [6, 6.07) is 9.64. The Balaban J connectivity index is 2.28. The van der Waals surface area contributed by atoms with Gasteiger partial charge in [0.2, 0.25) is 0 Å². The third-order valence-electron chi connectivity index (χ3n) is 3.11. The van der Waals surface area contributed by atoms with Crippen LogP contribution in [0.25, 0.3) is 0 Å². The molecule has 0 heterocycles. The van der Waals surface area contributed by atoms with E-state index < -0.39 is 4.92 Å². The molecule has 0 atom stereocenters.